The van der Waals surface area contributed by atoms with Crippen LogP contribution in [0.4, 0.5) is 11.4 Å². The summed E-state index contributed by atoms with van der Waals surface area (Å²) in [4.78, 5) is 14.7. The molecule has 2 aromatic carbocycles. The highest BCUT2D eigenvalue weighted by molar-refractivity contribution is 6.32. The first-order valence-electron chi connectivity index (χ1n) is 8.80. The number of hydrogen-bond acceptors (Lipinski definition) is 5. The summed E-state index contributed by atoms with van der Waals surface area (Å²) in [6.07, 6.45) is 1.56. The molecule has 2 aromatic rings. The number of hydrogen-bond donors (Lipinski definition) is 1. The van der Waals surface area contributed by atoms with E-state index >= 15 is 0 Å². The van der Waals surface area contributed by atoms with Crippen LogP contribution in [0.2, 0.25) is 5.02 Å². The zero-order valence-corrected chi connectivity index (χ0v) is 16.2. The second-order valence-electron chi connectivity index (χ2n) is 6.16. The van der Waals surface area contributed by atoms with E-state index in [0.29, 0.717) is 16.5 Å². The number of halogens is 1. The molecular weight excluding hydrogens is 378 g/mol. The predicted molar refractivity (Wildman–Crippen MR) is 110 cm³/mol. The molecular formula is C21H20ClN3O3. The molecule has 1 aliphatic rings. The van der Waals surface area contributed by atoms with E-state index in [9.17, 15) is 10.1 Å². The number of methoxy groups -OCH3 is 1. The molecule has 1 heterocycles. The van der Waals surface area contributed by atoms with Gasteiger partial charge in [0.1, 0.15) is 17.4 Å². The maximum absolute atomic E-state index is 12.4. The number of carbonyl (C=O) groups excluding carboxylic acids is 1. The molecule has 1 saturated heterocycles. The quantitative estimate of drug-likeness (QED) is 0.614. The van der Waals surface area contributed by atoms with Crippen molar-refractivity contribution in [2.75, 3.05) is 43.6 Å². The minimum absolute atomic E-state index is 0.00561. The van der Waals surface area contributed by atoms with Crippen LogP contribution in [0.3, 0.4) is 0 Å². The van der Waals surface area contributed by atoms with Crippen molar-refractivity contribution in [1.82, 2.24) is 0 Å². The molecule has 0 atom stereocenters. The van der Waals surface area contributed by atoms with Crippen LogP contribution < -0.4 is 15.0 Å². The van der Waals surface area contributed by atoms with Gasteiger partial charge in [0, 0.05) is 24.5 Å². The Labute approximate surface area is 168 Å². The smallest absolute Gasteiger partial charge is 0.266 e. The van der Waals surface area contributed by atoms with Gasteiger partial charge >= 0.3 is 0 Å². The Kier molecular flexibility index (Phi) is 6.53. The first-order valence-corrected chi connectivity index (χ1v) is 9.18. The minimum atomic E-state index is -0.499. The molecule has 0 saturated carbocycles. The standard InChI is InChI=1S/C21H20ClN3O3/c1-27-20-7-4-17(13-19(20)22)24-21(26)16(14-23)12-15-2-5-18(6-3-15)25-8-10-28-11-9-25/h2-7,12-13H,8-11H2,1H3,(H,24,26)/b16-12+. The van der Waals surface area contributed by atoms with Crippen molar-refractivity contribution in [3.8, 4) is 11.8 Å². The van der Waals surface area contributed by atoms with Crippen LogP contribution in [0.1, 0.15) is 5.56 Å². The fourth-order valence-corrected chi connectivity index (χ4v) is 3.12. The molecule has 6 nitrogen and oxygen atoms in total. The Hall–Kier alpha value is -3.01. The van der Waals surface area contributed by atoms with Gasteiger partial charge in [-0.25, -0.2) is 0 Å². The number of nitriles is 1. The highest BCUT2D eigenvalue weighted by atomic mass is 35.5. The van der Waals surface area contributed by atoms with E-state index in [0.717, 1.165) is 37.6 Å². The first kappa shape index (κ1) is 19.7. The third-order valence-corrected chi connectivity index (χ3v) is 4.65. The van der Waals surface area contributed by atoms with Crippen LogP contribution in [0.15, 0.2) is 48.0 Å². The first-order chi connectivity index (χ1) is 13.6. The van der Waals surface area contributed by atoms with Crippen molar-refractivity contribution in [3.63, 3.8) is 0 Å². The van der Waals surface area contributed by atoms with E-state index < -0.39 is 5.91 Å². The monoisotopic (exact) mass is 397 g/mol. The highest BCUT2D eigenvalue weighted by Gasteiger charge is 2.13. The minimum Gasteiger partial charge on any atom is -0.495 e. The maximum atomic E-state index is 12.4. The summed E-state index contributed by atoms with van der Waals surface area (Å²) in [6.45, 7) is 3.14. The number of anilines is 2. The number of morpholine rings is 1. The molecule has 0 unspecified atom stereocenters. The zero-order valence-electron chi connectivity index (χ0n) is 15.4. The molecule has 144 valence electrons. The Morgan fingerprint density at radius 3 is 2.57 bits per heavy atom. The van der Waals surface area contributed by atoms with Crippen molar-refractivity contribution < 1.29 is 14.3 Å². The Balaban J connectivity index is 1.71. The SMILES string of the molecule is COc1ccc(NC(=O)/C(C#N)=C/c2ccc(N3CCOCC3)cc2)cc1Cl. The van der Waals surface area contributed by atoms with Crippen LogP contribution in [-0.2, 0) is 9.53 Å². The third kappa shape index (κ3) is 4.83. The summed E-state index contributed by atoms with van der Waals surface area (Å²) in [7, 11) is 1.51. The fourth-order valence-electron chi connectivity index (χ4n) is 2.86. The zero-order chi connectivity index (χ0) is 19.9. The number of amides is 1. The van der Waals surface area contributed by atoms with Crippen LogP contribution >= 0.6 is 11.6 Å². The van der Waals surface area contributed by atoms with Gasteiger partial charge in [-0.15, -0.1) is 0 Å². The average molecular weight is 398 g/mol. The topological polar surface area (TPSA) is 74.6 Å². The molecule has 1 N–H and O–H groups in total. The number of rotatable bonds is 5. The molecule has 3 rings (SSSR count). The molecule has 0 radical (unpaired) electrons. The Morgan fingerprint density at radius 1 is 1.25 bits per heavy atom. The summed E-state index contributed by atoms with van der Waals surface area (Å²) < 4.78 is 10.4. The van der Waals surface area contributed by atoms with Crippen molar-refractivity contribution in [2.45, 2.75) is 0 Å². The van der Waals surface area contributed by atoms with Crippen molar-refractivity contribution in [3.05, 3.63) is 58.6 Å². The maximum Gasteiger partial charge on any atom is 0.266 e. The van der Waals surface area contributed by atoms with Crippen molar-refractivity contribution >= 4 is 35.0 Å². The summed E-state index contributed by atoms with van der Waals surface area (Å²) in [6, 6.07) is 14.6. The van der Waals surface area contributed by atoms with Gasteiger partial charge in [-0.3, -0.25) is 4.79 Å². The van der Waals surface area contributed by atoms with Crippen LogP contribution in [0.25, 0.3) is 6.08 Å². The number of carbonyl (C=O) groups is 1. The van der Waals surface area contributed by atoms with Crippen LogP contribution in [0, 0.1) is 11.3 Å². The number of ether oxygens (including phenoxy) is 2. The van der Waals surface area contributed by atoms with Gasteiger partial charge < -0.3 is 19.7 Å². The van der Waals surface area contributed by atoms with Gasteiger partial charge in [0.15, 0.2) is 0 Å². The van der Waals surface area contributed by atoms with E-state index in [-0.39, 0.29) is 5.57 Å². The average Bonchev–Trinajstić information content (AvgIpc) is 2.73. The largest absolute Gasteiger partial charge is 0.495 e. The summed E-state index contributed by atoms with van der Waals surface area (Å²) >= 11 is 6.07. The molecule has 0 aromatic heterocycles. The van der Waals surface area contributed by atoms with Crippen LogP contribution in [-0.4, -0.2) is 39.3 Å². The Morgan fingerprint density at radius 2 is 1.96 bits per heavy atom. The van der Waals surface area contributed by atoms with E-state index in [1.165, 1.54) is 7.11 Å². The highest BCUT2D eigenvalue weighted by Crippen LogP contribution is 2.27. The summed E-state index contributed by atoms with van der Waals surface area (Å²) in [5, 5.41) is 12.4. The van der Waals surface area contributed by atoms with Crippen molar-refractivity contribution in [1.29, 1.82) is 5.26 Å². The lowest BCUT2D eigenvalue weighted by atomic mass is 10.1. The van der Waals surface area contributed by atoms with Gasteiger partial charge in [0.25, 0.3) is 5.91 Å². The molecule has 1 amide bonds. The predicted octanol–water partition coefficient (Wildman–Crippen LogP) is 3.73. The summed E-state index contributed by atoms with van der Waals surface area (Å²) in [5.41, 5.74) is 2.36. The lowest BCUT2D eigenvalue weighted by molar-refractivity contribution is -0.112. The molecule has 1 fully saturated rings. The second kappa shape index (κ2) is 9.27. The molecule has 0 spiro atoms. The van der Waals surface area contributed by atoms with E-state index in [4.69, 9.17) is 21.1 Å². The van der Waals surface area contributed by atoms with E-state index in [1.807, 2.05) is 30.3 Å². The van der Waals surface area contributed by atoms with Crippen molar-refractivity contribution in [2.24, 2.45) is 0 Å². The van der Waals surface area contributed by atoms with Gasteiger partial charge in [-0.1, -0.05) is 23.7 Å². The van der Waals surface area contributed by atoms with Gasteiger partial charge in [0.05, 0.1) is 25.3 Å². The molecule has 0 aliphatic carbocycles. The second-order valence-corrected chi connectivity index (χ2v) is 6.57. The van der Waals surface area contributed by atoms with E-state index in [1.54, 1.807) is 24.3 Å². The lowest BCUT2D eigenvalue weighted by Gasteiger charge is -2.28. The Bertz CT molecular complexity index is 913. The lowest BCUT2D eigenvalue weighted by Crippen LogP contribution is -2.36. The number of nitrogens with zero attached hydrogens (tertiary/aromatic N) is 2. The van der Waals surface area contributed by atoms with Gasteiger partial charge in [-0.2, -0.15) is 5.26 Å². The number of benzene rings is 2. The normalized spacial score (nSPS) is 14.3. The fraction of sp³-hybridized carbons (Fsp3) is 0.238. The van der Waals surface area contributed by atoms with Crippen LogP contribution in [0.5, 0.6) is 5.75 Å². The van der Waals surface area contributed by atoms with E-state index in [2.05, 4.69) is 10.2 Å². The molecule has 0 bridgehead atoms. The van der Waals surface area contributed by atoms with Gasteiger partial charge in [0.2, 0.25) is 0 Å². The third-order valence-electron chi connectivity index (χ3n) is 4.36. The number of nitrogens with one attached hydrogen (secondary N) is 1. The van der Waals surface area contributed by atoms with Gasteiger partial charge in [-0.05, 0) is 42.0 Å². The molecule has 1 aliphatic heterocycles. The molecule has 7 heteroatoms. The molecule has 28 heavy (non-hydrogen) atoms. The summed E-state index contributed by atoms with van der Waals surface area (Å²) in [5.74, 6) is 0.0112.